The number of hydrogen-bond donors (Lipinski definition) is 0. The minimum atomic E-state index is -0.729. The summed E-state index contributed by atoms with van der Waals surface area (Å²) < 4.78 is 19.0. The van der Waals surface area contributed by atoms with E-state index in [4.69, 9.17) is 16.3 Å². The molecule has 0 spiro atoms. The topological polar surface area (TPSA) is 26.3 Å². The van der Waals surface area contributed by atoms with Crippen LogP contribution < -0.4 is 0 Å². The van der Waals surface area contributed by atoms with Crippen LogP contribution in [-0.2, 0) is 16.0 Å². The fourth-order valence-electron chi connectivity index (χ4n) is 3.07. The molecule has 0 saturated heterocycles. The lowest BCUT2D eigenvalue weighted by atomic mass is 9.75. The van der Waals surface area contributed by atoms with Crippen LogP contribution in [0.2, 0.25) is 5.02 Å². The van der Waals surface area contributed by atoms with Gasteiger partial charge in [0.15, 0.2) is 5.78 Å². The van der Waals surface area contributed by atoms with Gasteiger partial charge in [0.1, 0.15) is 11.4 Å². The fourth-order valence-corrected chi connectivity index (χ4v) is 3.27. The van der Waals surface area contributed by atoms with Crippen molar-refractivity contribution in [3.05, 3.63) is 34.6 Å². The molecular weight excluding hydrogens is 279 g/mol. The summed E-state index contributed by atoms with van der Waals surface area (Å²) in [5.74, 6) is -0.0184. The van der Waals surface area contributed by atoms with Crippen molar-refractivity contribution in [3.8, 4) is 0 Å². The zero-order chi connectivity index (χ0) is 14.8. The third-order valence-electron chi connectivity index (χ3n) is 4.24. The van der Waals surface area contributed by atoms with Crippen LogP contribution in [0.15, 0.2) is 18.2 Å². The Morgan fingerprint density at radius 3 is 2.95 bits per heavy atom. The van der Waals surface area contributed by atoms with Crippen LogP contribution in [0.5, 0.6) is 0 Å². The Morgan fingerprint density at radius 2 is 2.30 bits per heavy atom. The summed E-state index contributed by atoms with van der Waals surface area (Å²) in [6.07, 6.45) is 3.70. The Balaban J connectivity index is 2.19. The Kier molecular flexibility index (Phi) is 4.82. The van der Waals surface area contributed by atoms with Crippen molar-refractivity contribution in [1.82, 2.24) is 0 Å². The van der Waals surface area contributed by atoms with E-state index in [0.717, 1.165) is 25.7 Å². The molecule has 2 unspecified atom stereocenters. The number of rotatable bonds is 4. The summed E-state index contributed by atoms with van der Waals surface area (Å²) in [6, 6.07) is 4.57. The molecule has 4 heteroatoms. The van der Waals surface area contributed by atoms with Crippen molar-refractivity contribution < 1.29 is 13.9 Å². The van der Waals surface area contributed by atoms with Crippen LogP contribution in [0.4, 0.5) is 4.39 Å². The highest BCUT2D eigenvalue weighted by atomic mass is 35.5. The molecule has 0 radical (unpaired) electrons. The molecule has 0 heterocycles. The zero-order valence-electron chi connectivity index (χ0n) is 11.9. The number of methoxy groups -OCH3 is 1. The number of ether oxygens (including phenoxy) is 1. The average Bonchev–Trinajstić information content (AvgIpc) is 2.43. The van der Waals surface area contributed by atoms with Gasteiger partial charge in [-0.15, -0.1) is 0 Å². The van der Waals surface area contributed by atoms with Crippen molar-refractivity contribution in [2.24, 2.45) is 5.92 Å². The highest BCUT2D eigenvalue weighted by Gasteiger charge is 2.41. The number of ketones is 1. The van der Waals surface area contributed by atoms with Crippen LogP contribution in [0, 0.1) is 11.7 Å². The Labute approximate surface area is 124 Å². The maximum absolute atomic E-state index is 13.4. The predicted octanol–water partition coefficient (Wildman–Crippen LogP) is 4.19. The summed E-state index contributed by atoms with van der Waals surface area (Å²) in [4.78, 5) is 12.6. The van der Waals surface area contributed by atoms with Crippen LogP contribution in [0.3, 0.4) is 0 Å². The molecule has 2 rings (SSSR count). The van der Waals surface area contributed by atoms with Crippen molar-refractivity contribution >= 4 is 17.4 Å². The lowest BCUT2D eigenvalue weighted by Crippen LogP contribution is -2.45. The van der Waals surface area contributed by atoms with E-state index in [2.05, 4.69) is 6.92 Å². The SMILES string of the molecule is COC1(C(=O)Cc2cccc(F)c2Cl)CCCC(C)C1. The molecule has 1 saturated carbocycles. The first-order chi connectivity index (χ1) is 9.48. The van der Waals surface area contributed by atoms with Crippen molar-refractivity contribution in [3.63, 3.8) is 0 Å². The monoisotopic (exact) mass is 298 g/mol. The number of Topliss-reactive ketones (excluding diaryl/α,β-unsaturated/α-hetero) is 1. The standard InChI is InChI=1S/C16H20ClFO2/c1-11-5-4-8-16(10-11,20-2)14(19)9-12-6-3-7-13(18)15(12)17/h3,6-7,11H,4-5,8-10H2,1-2H3. The molecule has 20 heavy (non-hydrogen) atoms. The lowest BCUT2D eigenvalue weighted by molar-refractivity contribution is -0.146. The molecular formula is C16H20ClFO2. The maximum Gasteiger partial charge on any atom is 0.169 e. The van der Waals surface area contributed by atoms with E-state index in [1.54, 1.807) is 19.2 Å². The second-order valence-corrected chi connectivity index (χ2v) is 6.09. The first-order valence-electron chi connectivity index (χ1n) is 7.00. The third-order valence-corrected chi connectivity index (χ3v) is 4.66. The summed E-state index contributed by atoms with van der Waals surface area (Å²) in [5.41, 5.74) is -0.195. The summed E-state index contributed by atoms with van der Waals surface area (Å²) in [5, 5.41) is 0.0379. The van der Waals surface area contributed by atoms with Crippen LogP contribution >= 0.6 is 11.6 Å². The molecule has 1 aromatic carbocycles. The minimum Gasteiger partial charge on any atom is -0.370 e. The number of carbonyl (C=O) groups is 1. The van der Waals surface area contributed by atoms with E-state index in [1.807, 2.05) is 0 Å². The highest BCUT2D eigenvalue weighted by molar-refractivity contribution is 6.31. The number of benzene rings is 1. The highest BCUT2D eigenvalue weighted by Crippen LogP contribution is 2.36. The largest absolute Gasteiger partial charge is 0.370 e. The smallest absolute Gasteiger partial charge is 0.169 e. The molecule has 1 aliphatic carbocycles. The summed E-state index contributed by atoms with van der Waals surface area (Å²) in [7, 11) is 1.59. The van der Waals surface area contributed by atoms with Crippen LogP contribution in [0.1, 0.15) is 38.2 Å². The molecule has 0 aromatic heterocycles. The lowest BCUT2D eigenvalue weighted by Gasteiger charge is -2.37. The predicted molar refractivity (Wildman–Crippen MR) is 77.5 cm³/mol. The van der Waals surface area contributed by atoms with E-state index < -0.39 is 11.4 Å². The molecule has 1 aromatic rings. The molecule has 1 aliphatic rings. The summed E-state index contributed by atoms with van der Waals surface area (Å²) in [6.45, 7) is 2.13. The second-order valence-electron chi connectivity index (χ2n) is 5.71. The van der Waals surface area contributed by atoms with E-state index in [-0.39, 0.29) is 17.2 Å². The molecule has 0 amide bonds. The Bertz CT molecular complexity index is 503. The molecule has 0 aliphatic heterocycles. The molecule has 0 bridgehead atoms. The zero-order valence-corrected chi connectivity index (χ0v) is 12.7. The molecule has 2 nitrogen and oxygen atoms in total. The van der Waals surface area contributed by atoms with Crippen molar-refractivity contribution in [2.75, 3.05) is 7.11 Å². The fraction of sp³-hybridized carbons (Fsp3) is 0.562. The van der Waals surface area contributed by atoms with Gasteiger partial charge in [0.2, 0.25) is 0 Å². The van der Waals surface area contributed by atoms with Crippen molar-refractivity contribution in [2.45, 2.75) is 44.6 Å². The number of carbonyl (C=O) groups excluding carboxylic acids is 1. The average molecular weight is 299 g/mol. The number of hydrogen-bond acceptors (Lipinski definition) is 2. The molecule has 2 atom stereocenters. The second kappa shape index (κ2) is 6.23. The first-order valence-corrected chi connectivity index (χ1v) is 7.37. The van der Waals surface area contributed by atoms with Gasteiger partial charge in [-0.25, -0.2) is 4.39 Å². The third kappa shape index (κ3) is 3.04. The van der Waals surface area contributed by atoms with Gasteiger partial charge in [-0.1, -0.05) is 37.1 Å². The first kappa shape index (κ1) is 15.5. The van der Waals surface area contributed by atoms with Gasteiger partial charge in [-0.3, -0.25) is 4.79 Å². The van der Waals surface area contributed by atoms with E-state index in [0.29, 0.717) is 11.5 Å². The quantitative estimate of drug-likeness (QED) is 0.833. The van der Waals surface area contributed by atoms with Crippen LogP contribution in [0.25, 0.3) is 0 Å². The molecule has 110 valence electrons. The number of halogens is 2. The van der Waals surface area contributed by atoms with E-state index in [9.17, 15) is 9.18 Å². The van der Waals surface area contributed by atoms with Crippen LogP contribution in [-0.4, -0.2) is 18.5 Å². The van der Waals surface area contributed by atoms with Gasteiger partial charge in [0, 0.05) is 13.5 Å². The minimum absolute atomic E-state index is 0.000880. The molecule has 0 N–H and O–H groups in total. The van der Waals surface area contributed by atoms with E-state index in [1.165, 1.54) is 6.07 Å². The Hall–Kier alpha value is -0.930. The van der Waals surface area contributed by atoms with Gasteiger partial charge < -0.3 is 4.74 Å². The van der Waals surface area contributed by atoms with Crippen molar-refractivity contribution in [1.29, 1.82) is 0 Å². The van der Waals surface area contributed by atoms with E-state index >= 15 is 0 Å². The van der Waals surface area contributed by atoms with Gasteiger partial charge in [0.05, 0.1) is 5.02 Å². The molecule has 1 fully saturated rings. The van der Waals surface area contributed by atoms with Gasteiger partial charge in [-0.05, 0) is 36.8 Å². The van der Waals surface area contributed by atoms with Gasteiger partial charge in [0.25, 0.3) is 0 Å². The van der Waals surface area contributed by atoms with Gasteiger partial charge in [-0.2, -0.15) is 0 Å². The normalized spacial score (nSPS) is 26.5. The maximum atomic E-state index is 13.4. The summed E-state index contributed by atoms with van der Waals surface area (Å²) >= 11 is 5.93. The Morgan fingerprint density at radius 1 is 1.55 bits per heavy atom. The van der Waals surface area contributed by atoms with Gasteiger partial charge >= 0.3 is 0 Å².